The predicted molar refractivity (Wildman–Crippen MR) is 65.1 cm³/mol. The Bertz CT molecular complexity index is 484. The van der Waals surface area contributed by atoms with Gasteiger partial charge in [0.2, 0.25) is 0 Å². The minimum Gasteiger partial charge on any atom is -0.370 e. The molecule has 0 aromatic heterocycles. The van der Waals surface area contributed by atoms with E-state index in [4.69, 9.17) is 5.73 Å². The van der Waals surface area contributed by atoms with Gasteiger partial charge in [-0.05, 0) is 6.92 Å². The van der Waals surface area contributed by atoms with E-state index < -0.39 is 6.04 Å². The number of aryl methyl sites for hydroxylation is 1. The van der Waals surface area contributed by atoms with Crippen molar-refractivity contribution in [3.8, 4) is 0 Å². The van der Waals surface area contributed by atoms with Crippen LogP contribution in [0.2, 0.25) is 0 Å². The smallest absolute Gasteiger partial charge is 0.277 e. The maximum absolute atomic E-state index is 11.1. The summed E-state index contributed by atoms with van der Waals surface area (Å²) in [6, 6.07) is 4.60. The second-order valence-corrected chi connectivity index (χ2v) is 3.94. The molecule has 0 radical (unpaired) electrons. The van der Waals surface area contributed by atoms with Crippen molar-refractivity contribution < 1.29 is 4.92 Å². The molecule has 1 atom stereocenters. The normalized spacial score (nSPS) is 16.2. The summed E-state index contributed by atoms with van der Waals surface area (Å²) in [7, 11) is 0. The Morgan fingerprint density at radius 1 is 1.59 bits per heavy atom. The van der Waals surface area contributed by atoms with Gasteiger partial charge < -0.3 is 11.1 Å². The van der Waals surface area contributed by atoms with E-state index in [1.165, 1.54) is 0 Å². The lowest BCUT2D eigenvalue weighted by Gasteiger charge is -2.13. The maximum atomic E-state index is 11.1. The number of nitrogens with one attached hydrogen (secondary N) is 1. The van der Waals surface area contributed by atoms with E-state index in [2.05, 4.69) is 10.3 Å². The molecule has 1 heterocycles. The van der Waals surface area contributed by atoms with Crippen molar-refractivity contribution in [3.05, 3.63) is 39.4 Å². The van der Waals surface area contributed by atoms with Crippen LogP contribution in [-0.2, 0) is 0 Å². The Kier molecular flexibility index (Phi) is 3.06. The first kappa shape index (κ1) is 11.5. The molecule has 1 aliphatic heterocycles. The lowest BCUT2D eigenvalue weighted by molar-refractivity contribution is -0.386. The van der Waals surface area contributed by atoms with E-state index in [1.54, 1.807) is 25.1 Å². The molecule has 6 heteroatoms. The van der Waals surface area contributed by atoms with Gasteiger partial charge in [-0.25, -0.2) is 0 Å². The Morgan fingerprint density at radius 2 is 2.35 bits per heavy atom. The number of amidine groups is 1. The minimum absolute atomic E-state index is 0.0800. The van der Waals surface area contributed by atoms with Crippen molar-refractivity contribution in [2.45, 2.75) is 13.0 Å². The van der Waals surface area contributed by atoms with Gasteiger partial charge in [0.15, 0.2) is 0 Å². The number of nitrogens with two attached hydrogens (primary N) is 1. The second kappa shape index (κ2) is 4.50. The third-order valence-electron chi connectivity index (χ3n) is 2.78. The Hall–Kier alpha value is -1.95. The first-order valence-corrected chi connectivity index (χ1v) is 5.39. The molecule has 1 unspecified atom stereocenters. The van der Waals surface area contributed by atoms with Crippen LogP contribution in [0.25, 0.3) is 0 Å². The number of rotatable bonds is 3. The van der Waals surface area contributed by atoms with Gasteiger partial charge in [-0.3, -0.25) is 15.1 Å². The van der Waals surface area contributed by atoms with Crippen LogP contribution in [0.1, 0.15) is 17.2 Å². The van der Waals surface area contributed by atoms with Crippen LogP contribution in [0, 0.1) is 17.0 Å². The average molecular weight is 234 g/mol. The fraction of sp³-hybridized carbons (Fsp3) is 0.364. The van der Waals surface area contributed by atoms with E-state index in [0.29, 0.717) is 23.5 Å². The molecule has 0 aliphatic carbocycles. The predicted octanol–water partition coefficient (Wildman–Crippen LogP) is 0.905. The largest absolute Gasteiger partial charge is 0.370 e. The molecule has 0 spiro atoms. The number of para-hydroxylation sites is 1. The summed E-state index contributed by atoms with van der Waals surface area (Å²) >= 11 is 0. The van der Waals surface area contributed by atoms with Crippen LogP contribution in [-0.4, -0.2) is 23.8 Å². The molecule has 0 fully saturated rings. The summed E-state index contributed by atoms with van der Waals surface area (Å²) < 4.78 is 0. The van der Waals surface area contributed by atoms with Gasteiger partial charge in [0.05, 0.1) is 23.1 Å². The monoisotopic (exact) mass is 234 g/mol. The van der Waals surface area contributed by atoms with E-state index in [1.807, 2.05) is 0 Å². The molecule has 1 aliphatic rings. The molecule has 0 amide bonds. The lowest BCUT2D eigenvalue weighted by atomic mass is 10.0. The topological polar surface area (TPSA) is 93.5 Å². The molecule has 17 heavy (non-hydrogen) atoms. The molecule has 1 aromatic carbocycles. The summed E-state index contributed by atoms with van der Waals surface area (Å²) in [5.74, 6) is 0.624. The molecule has 6 nitrogen and oxygen atoms in total. The standard InChI is InChI=1S/C11H14N4O2/c1-7-3-2-4-8(10(7)15(16)17)9(12)11-13-5-6-14-11/h2-4,9H,5-6,12H2,1H3,(H,13,14). The van der Waals surface area contributed by atoms with Crippen LogP contribution in [0.5, 0.6) is 0 Å². The molecule has 2 rings (SSSR count). The first-order valence-electron chi connectivity index (χ1n) is 5.39. The van der Waals surface area contributed by atoms with Gasteiger partial charge in [-0.1, -0.05) is 18.2 Å². The van der Waals surface area contributed by atoms with Crippen molar-refractivity contribution in [1.29, 1.82) is 0 Å². The Labute approximate surface area is 98.7 Å². The van der Waals surface area contributed by atoms with Crippen molar-refractivity contribution in [2.24, 2.45) is 10.7 Å². The highest BCUT2D eigenvalue weighted by atomic mass is 16.6. The van der Waals surface area contributed by atoms with E-state index in [-0.39, 0.29) is 10.6 Å². The molecule has 0 saturated carbocycles. The average Bonchev–Trinajstić information content (AvgIpc) is 2.80. The number of nitro groups is 1. The highest BCUT2D eigenvalue weighted by Gasteiger charge is 2.25. The molecule has 90 valence electrons. The van der Waals surface area contributed by atoms with Crippen molar-refractivity contribution in [3.63, 3.8) is 0 Å². The lowest BCUT2D eigenvalue weighted by Crippen LogP contribution is -2.31. The summed E-state index contributed by atoms with van der Waals surface area (Å²) in [5.41, 5.74) is 7.21. The number of hydrogen-bond donors (Lipinski definition) is 2. The molecular weight excluding hydrogens is 220 g/mol. The second-order valence-electron chi connectivity index (χ2n) is 3.94. The third-order valence-corrected chi connectivity index (χ3v) is 2.78. The fourth-order valence-electron chi connectivity index (χ4n) is 1.95. The third kappa shape index (κ3) is 2.12. The zero-order valence-corrected chi connectivity index (χ0v) is 9.51. The van der Waals surface area contributed by atoms with Gasteiger partial charge in [0.25, 0.3) is 5.69 Å². The zero-order chi connectivity index (χ0) is 12.4. The van der Waals surface area contributed by atoms with Crippen LogP contribution < -0.4 is 11.1 Å². The molecule has 0 saturated heterocycles. The number of benzene rings is 1. The van der Waals surface area contributed by atoms with Gasteiger partial charge >= 0.3 is 0 Å². The summed E-state index contributed by atoms with van der Waals surface area (Å²) in [5, 5.41) is 14.1. The van der Waals surface area contributed by atoms with E-state index in [0.717, 1.165) is 6.54 Å². The van der Waals surface area contributed by atoms with Crippen molar-refractivity contribution in [2.75, 3.05) is 13.1 Å². The number of aliphatic imine (C=N–C) groups is 1. The number of hydrogen-bond acceptors (Lipinski definition) is 5. The number of nitro benzene ring substituents is 1. The molecule has 0 bridgehead atoms. The molecular formula is C11H14N4O2. The van der Waals surface area contributed by atoms with Gasteiger partial charge in [0, 0.05) is 12.1 Å². The zero-order valence-electron chi connectivity index (χ0n) is 9.51. The summed E-state index contributed by atoms with van der Waals surface area (Å²) in [6.07, 6.45) is 0. The van der Waals surface area contributed by atoms with Crippen LogP contribution in [0.15, 0.2) is 23.2 Å². The first-order chi connectivity index (χ1) is 8.11. The van der Waals surface area contributed by atoms with Gasteiger partial charge in [-0.15, -0.1) is 0 Å². The fourth-order valence-corrected chi connectivity index (χ4v) is 1.95. The SMILES string of the molecule is Cc1cccc(C(N)C2=NCCN2)c1[N+](=O)[O-]. The van der Waals surface area contributed by atoms with Gasteiger partial charge in [0.1, 0.15) is 5.84 Å². The molecule has 1 aromatic rings. The van der Waals surface area contributed by atoms with Crippen LogP contribution in [0.4, 0.5) is 5.69 Å². The van der Waals surface area contributed by atoms with Crippen molar-refractivity contribution >= 4 is 11.5 Å². The summed E-state index contributed by atoms with van der Waals surface area (Å²) in [4.78, 5) is 14.9. The minimum atomic E-state index is -0.558. The maximum Gasteiger partial charge on any atom is 0.277 e. The molecule has 3 N–H and O–H groups in total. The van der Waals surface area contributed by atoms with E-state index >= 15 is 0 Å². The van der Waals surface area contributed by atoms with Crippen molar-refractivity contribution in [1.82, 2.24) is 5.32 Å². The van der Waals surface area contributed by atoms with Crippen LogP contribution in [0.3, 0.4) is 0 Å². The highest BCUT2D eigenvalue weighted by Crippen LogP contribution is 2.28. The van der Waals surface area contributed by atoms with E-state index in [9.17, 15) is 10.1 Å². The van der Waals surface area contributed by atoms with Gasteiger partial charge in [-0.2, -0.15) is 0 Å². The Balaban J connectivity index is 2.44. The Morgan fingerprint density at radius 3 is 2.94 bits per heavy atom. The highest BCUT2D eigenvalue weighted by molar-refractivity contribution is 5.90. The summed E-state index contributed by atoms with van der Waals surface area (Å²) in [6.45, 7) is 3.11. The van der Waals surface area contributed by atoms with Crippen LogP contribution >= 0.6 is 0 Å². The number of nitrogens with zero attached hydrogens (tertiary/aromatic N) is 2. The quantitative estimate of drug-likeness (QED) is 0.600.